The minimum Gasteiger partial charge on any atom is -0.462 e. The summed E-state index contributed by atoms with van der Waals surface area (Å²) in [6.45, 7) is 11.8. The van der Waals surface area contributed by atoms with E-state index in [0.29, 0.717) is 12.3 Å². The third kappa shape index (κ3) is 6.94. The molecule has 1 aliphatic rings. The minimum atomic E-state index is -0.511. The molecular formula is C21H34N2O2. The van der Waals surface area contributed by atoms with Crippen molar-refractivity contribution >= 4 is 5.97 Å². The molecule has 1 unspecified atom stereocenters. The highest BCUT2D eigenvalue weighted by molar-refractivity contribution is 5.94. The van der Waals surface area contributed by atoms with Gasteiger partial charge in [0.25, 0.3) is 0 Å². The van der Waals surface area contributed by atoms with Crippen molar-refractivity contribution in [2.24, 2.45) is 11.3 Å². The van der Waals surface area contributed by atoms with Gasteiger partial charge in [-0.15, -0.1) is 0 Å². The van der Waals surface area contributed by atoms with Crippen LogP contribution in [0.2, 0.25) is 0 Å². The number of carbonyl (C=O) groups is 1. The number of rotatable bonds is 9. The van der Waals surface area contributed by atoms with Crippen LogP contribution < -0.4 is 5.32 Å². The van der Waals surface area contributed by atoms with E-state index in [9.17, 15) is 10.1 Å². The monoisotopic (exact) mass is 346 g/mol. The van der Waals surface area contributed by atoms with Crippen LogP contribution in [0.15, 0.2) is 22.9 Å². The molecule has 140 valence electrons. The zero-order valence-corrected chi connectivity index (χ0v) is 16.6. The van der Waals surface area contributed by atoms with E-state index in [2.05, 4.69) is 39.1 Å². The first-order chi connectivity index (χ1) is 11.9. The highest BCUT2D eigenvalue weighted by Gasteiger charge is 2.29. The van der Waals surface area contributed by atoms with Crippen molar-refractivity contribution in [1.29, 1.82) is 5.26 Å². The minimum absolute atomic E-state index is 0.0200. The van der Waals surface area contributed by atoms with E-state index < -0.39 is 5.97 Å². The molecule has 0 aromatic rings. The Kier molecular flexibility index (Phi) is 8.75. The van der Waals surface area contributed by atoms with Crippen molar-refractivity contribution in [1.82, 2.24) is 5.32 Å². The third-order valence-corrected chi connectivity index (χ3v) is 4.76. The van der Waals surface area contributed by atoms with Crippen molar-refractivity contribution in [3.63, 3.8) is 0 Å². The summed E-state index contributed by atoms with van der Waals surface area (Å²) in [5.41, 5.74) is 2.08. The molecule has 4 nitrogen and oxygen atoms in total. The van der Waals surface area contributed by atoms with Crippen LogP contribution in [0.5, 0.6) is 0 Å². The molecule has 0 bridgehead atoms. The Morgan fingerprint density at radius 2 is 2.08 bits per heavy atom. The van der Waals surface area contributed by atoms with Gasteiger partial charge >= 0.3 is 5.97 Å². The molecule has 0 aromatic heterocycles. The van der Waals surface area contributed by atoms with Crippen LogP contribution in [0.25, 0.3) is 0 Å². The quantitative estimate of drug-likeness (QED) is 0.367. The summed E-state index contributed by atoms with van der Waals surface area (Å²) in [6.07, 6.45) is 8.54. The van der Waals surface area contributed by atoms with Crippen LogP contribution in [-0.2, 0) is 9.53 Å². The van der Waals surface area contributed by atoms with E-state index >= 15 is 0 Å². The topological polar surface area (TPSA) is 62.1 Å². The smallest absolute Gasteiger partial charge is 0.349 e. The number of nitrogens with one attached hydrogen (secondary N) is 1. The Morgan fingerprint density at radius 1 is 1.36 bits per heavy atom. The molecule has 25 heavy (non-hydrogen) atoms. The summed E-state index contributed by atoms with van der Waals surface area (Å²) in [7, 11) is 0. The molecule has 0 aliphatic heterocycles. The van der Waals surface area contributed by atoms with Gasteiger partial charge in [-0.2, -0.15) is 5.26 Å². The van der Waals surface area contributed by atoms with Crippen molar-refractivity contribution in [2.75, 3.05) is 13.2 Å². The zero-order valence-electron chi connectivity index (χ0n) is 16.6. The molecule has 0 amide bonds. The maximum atomic E-state index is 12.1. The number of nitrogens with zero attached hydrogens (tertiary/aromatic N) is 1. The molecule has 0 saturated carbocycles. The predicted octanol–water partition coefficient (Wildman–Crippen LogP) is 4.88. The third-order valence-electron chi connectivity index (χ3n) is 4.76. The van der Waals surface area contributed by atoms with Gasteiger partial charge in [0, 0.05) is 12.2 Å². The standard InChI is InChI=1S/C21H34N2O2/c1-6-9-10-16(7-2)15-23-18-11-17(12-21(4,5)13-18)19(14-22)20(24)25-8-3/h11,16,23H,6-10,12-13,15H2,1-5H3/b19-17+. The number of hydrogen-bond acceptors (Lipinski definition) is 4. The number of hydrogen-bond donors (Lipinski definition) is 1. The van der Waals surface area contributed by atoms with Gasteiger partial charge < -0.3 is 10.1 Å². The summed E-state index contributed by atoms with van der Waals surface area (Å²) in [5.74, 6) is 0.154. The molecule has 0 radical (unpaired) electrons. The molecule has 1 rings (SSSR count). The van der Waals surface area contributed by atoms with Gasteiger partial charge in [-0.25, -0.2) is 4.79 Å². The largest absolute Gasteiger partial charge is 0.462 e. The van der Waals surface area contributed by atoms with Crippen LogP contribution in [0.4, 0.5) is 0 Å². The summed E-state index contributed by atoms with van der Waals surface area (Å²) in [6, 6.07) is 2.05. The lowest BCUT2D eigenvalue weighted by atomic mass is 9.76. The number of carbonyl (C=O) groups excluding carboxylic acids is 1. The molecular weight excluding hydrogens is 312 g/mol. The second-order valence-corrected chi connectivity index (χ2v) is 7.72. The van der Waals surface area contributed by atoms with Crippen molar-refractivity contribution in [2.45, 2.75) is 73.1 Å². The summed E-state index contributed by atoms with van der Waals surface area (Å²) in [5, 5.41) is 13.0. The van der Waals surface area contributed by atoms with E-state index in [1.165, 1.54) is 25.7 Å². The Labute approximate surface area is 153 Å². The van der Waals surface area contributed by atoms with Gasteiger partial charge in [0.1, 0.15) is 11.6 Å². The van der Waals surface area contributed by atoms with Gasteiger partial charge in [-0.3, -0.25) is 0 Å². The predicted molar refractivity (Wildman–Crippen MR) is 102 cm³/mol. The zero-order chi connectivity index (χ0) is 18.9. The summed E-state index contributed by atoms with van der Waals surface area (Å²) < 4.78 is 5.04. The first-order valence-electron chi connectivity index (χ1n) is 9.61. The molecule has 0 fully saturated rings. The van der Waals surface area contributed by atoms with Crippen LogP contribution in [0.1, 0.15) is 73.1 Å². The molecule has 0 spiro atoms. The SMILES string of the molecule is CCCCC(CC)CNC1=C/C(=C(/C#N)C(=O)OCC)CC(C)(C)C1. The second-order valence-electron chi connectivity index (χ2n) is 7.72. The van der Waals surface area contributed by atoms with Gasteiger partial charge in [0.2, 0.25) is 0 Å². The molecule has 4 heteroatoms. The van der Waals surface area contributed by atoms with Gasteiger partial charge in [-0.1, -0.05) is 47.0 Å². The number of allylic oxidation sites excluding steroid dienone is 3. The van der Waals surface area contributed by atoms with Crippen LogP contribution >= 0.6 is 0 Å². The molecule has 0 saturated heterocycles. The number of nitriles is 1. The lowest BCUT2D eigenvalue weighted by Gasteiger charge is -2.32. The average Bonchev–Trinajstić information content (AvgIpc) is 2.54. The fraction of sp³-hybridized carbons (Fsp3) is 0.714. The van der Waals surface area contributed by atoms with Crippen LogP contribution in [-0.4, -0.2) is 19.1 Å². The fourth-order valence-electron chi connectivity index (χ4n) is 3.35. The van der Waals surface area contributed by atoms with Gasteiger partial charge in [0.15, 0.2) is 0 Å². The maximum absolute atomic E-state index is 12.1. The summed E-state index contributed by atoms with van der Waals surface area (Å²) >= 11 is 0. The highest BCUT2D eigenvalue weighted by atomic mass is 16.5. The molecule has 1 atom stereocenters. The first kappa shape index (κ1) is 21.3. The molecule has 0 aromatic carbocycles. The van der Waals surface area contributed by atoms with Crippen molar-refractivity contribution in [3.05, 3.63) is 22.9 Å². The summed E-state index contributed by atoms with van der Waals surface area (Å²) in [4.78, 5) is 12.1. The van der Waals surface area contributed by atoms with Gasteiger partial charge in [-0.05, 0) is 49.2 Å². The van der Waals surface area contributed by atoms with Crippen molar-refractivity contribution < 1.29 is 9.53 Å². The number of esters is 1. The van der Waals surface area contributed by atoms with E-state index in [1.54, 1.807) is 6.92 Å². The van der Waals surface area contributed by atoms with E-state index in [-0.39, 0.29) is 17.6 Å². The Hall–Kier alpha value is -1.76. The fourth-order valence-corrected chi connectivity index (χ4v) is 3.35. The van der Waals surface area contributed by atoms with Gasteiger partial charge in [0.05, 0.1) is 6.61 Å². The van der Waals surface area contributed by atoms with Crippen LogP contribution in [0, 0.1) is 22.7 Å². The number of unbranched alkanes of at least 4 members (excludes halogenated alkanes) is 1. The first-order valence-corrected chi connectivity index (χ1v) is 9.61. The van der Waals surface area contributed by atoms with Crippen molar-refractivity contribution in [3.8, 4) is 6.07 Å². The van der Waals surface area contributed by atoms with E-state index in [0.717, 1.165) is 24.2 Å². The maximum Gasteiger partial charge on any atom is 0.349 e. The molecule has 1 aliphatic carbocycles. The lowest BCUT2D eigenvalue weighted by molar-refractivity contribution is -0.138. The molecule has 0 heterocycles. The average molecular weight is 347 g/mol. The van der Waals surface area contributed by atoms with E-state index in [1.807, 2.05) is 6.08 Å². The normalized spacial score (nSPS) is 19.4. The Bertz CT molecular complexity index is 553. The van der Waals surface area contributed by atoms with Crippen LogP contribution in [0.3, 0.4) is 0 Å². The Morgan fingerprint density at radius 3 is 2.64 bits per heavy atom. The van der Waals surface area contributed by atoms with E-state index in [4.69, 9.17) is 4.74 Å². The highest BCUT2D eigenvalue weighted by Crippen LogP contribution is 2.38. The second kappa shape index (κ2) is 10.3. The lowest BCUT2D eigenvalue weighted by Crippen LogP contribution is -2.29. The number of ether oxygens (including phenoxy) is 1. The molecule has 1 N–H and O–H groups in total. The Balaban J connectivity index is 2.96.